The Bertz CT molecular complexity index is 1130. The first-order valence-electron chi connectivity index (χ1n) is 9.08. The summed E-state index contributed by atoms with van der Waals surface area (Å²) in [6.45, 7) is 5.20. The van der Waals surface area contributed by atoms with Gasteiger partial charge < -0.3 is 9.68 Å². The zero-order valence-electron chi connectivity index (χ0n) is 17.0. The zero-order valence-corrected chi connectivity index (χ0v) is 18.6. The van der Waals surface area contributed by atoms with Crippen LogP contribution in [0.15, 0.2) is 34.7 Å². The Morgan fingerprint density at radius 2 is 2.17 bits per heavy atom. The Hall–Kier alpha value is -2.46. The van der Waals surface area contributed by atoms with Gasteiger partial charge in [0.05, 0.1) is 10.7 Å². The summed E-state index contributed by atoms with van der Waals surface area (Å²) in [5, 5.41) is 12.2. The molecule has 162 valence electrons. The third-order valence-corrected chi connectivity index (χ3v) is 6.33. The largest absolute Gasteiger partial charge is 0.391 e. The van der Waals surface area contributed by atoms with Crippen LogP contribution in [-0.2, 0) is 33.2 Å². The smallest absolute Gasteiger partial charge is 0.200 e. The summed E-state index contributed by atoms with van der Waals surface area (Å²) in [5.74, 6) is -0.901. The van der Waals surface area contributed by atoms with Gasteiger partial charge in [-0.05, 0) is 32.9 Å². The van der Waals surface area contributed by atoms with Crippen LogP contribution in [0.2, 0.25) is 5.02 Å². The lowest BCUT2D eigenvalue weighted by Gasteiger charge is -2.13. The minimum Gasteiger partial charge on any atom is -0.391 e. The van der Waals surface area contributed by atoms with E-state index in [-0.39, 0.29) is 28.8 Å². The molecule has 1 aliphatic rings. The summed E-state index contributed by atoms with van der Waals surface area (Å²) in [7, 11) is -2.07. The van der Waals surface area contributed by atoms with Gasteiger partial charge in [0.25, 0.3) is 0 Å². The summed E-state index contributed by atoms with van der Waals surface area (Å²) in [6, 6.07) is 3.90. The van der Waals surface area contributed by atoms with Crippen LogP contribution < -0.4 is 0 Å². The van der Waals surface area contributed by atoms with Crippen LogP contribution in [0.4, 0.5) is 4.39 Å². The second kappa shape index (κ2) is 8.35. The quantitative estimate of drug-likeness (QED) is 0.490. The van der Waals surface area contributed by atoms with Gasteiger partial charge in [-0.2, -0.15) is 5.10 Å². The van der Waals surface area contributed by atoms with Gasteiger partial charge in [-0.15, -0.1) is 0 Å². The van der Waals surface area contributed by atoms with Crippen molar-refractivity contribution < 1.29 is 22.5 Å². The Kier molecular flexibility index (Phi) is 6.19. The van der Waals surface area contributed by atoms with Crippen LogP contribution >= 0.6 is 11.6 Å². The van der Waals surface area contributed by atoms with Gasteiger partial charge in [-0.25, -0.2) is 12.8 Å². The van der Waals surface area contributed by atoms with Gasteiger partial charge in [-0.1, -0.05) is 28.0 Å². The number of sulfone groups is 1. The Labute approximate surface area is 179 Å². The highest BCUT2D eigenvalue weighted by Gasteiger charge is 2.37. The van der Waals surface area contributed by atoms with Gasteiger partial charge >= 0.3 is 0 Å². The first kappa shape index (κ1) is 22.2. The molecule has 1 aromatic heterocycles. The van der Waals surface area contributed by atoms with E-state index >= 15 is 0 Å². The SMILES string of the molecule is Cc1nn(C)cc1C(CS(=O)(=O)C1=NOC(C)(C)C1)=NOCc1ccc(F)cc1Cl. The normalized spacial score (nSPS) is 16.3. The minimum atomic E-state index is -3.79. The van der Waals surface area contributed by atoms with Crippen LogP contribution in [0.3, 0.4) is 0 Å². The fourth-order valence-electron chi connectivity index (χ4n) is 2.89. The molecular weight excluding hydrogens is 435 g/mol. The molecule has 0 saturated carbocycles. The molecule has 0 aliphatic carbocycles. The number of benzene rings is 1. The molecule has 2 heterocycles. The summed E-state index contributed by atoms with van der Waals surface area (Å²) in [5.41, 5.74) is 1.14. The van der Waals surface area contributed by atoms with Crippen LogP contribution in [0.25, 0.3) is 0 Å². The Morgan fingerprint density at radius 1 is 1.43 bits per heavy atom. The average molecular weight is 457 g/mol. The fourth-order valence-corrected chi connectivity index (χ4v) is 4.56. The first-order valence-corrected chi connectivity index (χ1v) is 11.1. The molecule has 11 heteroatoms. The predicted octanol–water partition coefficient (Wildman–Crippen LogP) is 3.37. The molecule has 0 spiro atoms. The molecule has 0 N–H and O–H groups in total. The highest BCUT2D eigenvalue weighted by atomic mass is 35.5. The van der Waals surface area contributed by atoms with Crippen LogP contribution in [0, 0.1) is 12.7 Å². The zero-order chi connectivity index (χ0) is 22.1. The average Bonchev–Trinajstić information content (AvgIpc) is 3.17. The van der Waals surface area contributed by atoms with Gasteiger partial charge in [0, 0.05) is 30.8 Å². The third kappa shape index (κ3) is 5.17. The van der Waals surface area contributed by atoms with Gasteiger partial charge in [-0.3, -0.25) is 4.68 Å². The molecule has 0 fully saturated rings. The maximum Gasteiger partial charge on any atom is 0.200 e. The predicted molar refractivity (Wildman–Crippen MR) is 112 cm³/mol. The number of oxime groups is 2. The van der Waals surface area contributed by atoms with E-state index in [4.69, 9.17) is 21.3 Å². The van der Waals surface area contributed by atoms with Crippen LogP contribution in [0.5, 0.6) is 0 Å². The van der Waals surface area contributed by atoms with E-state index in [0.29, 0.717) is 16.8 Å². The lowest BCUT2D eigenvalue weighted by atomic mass is 10.1. The van der Waals surface area contributed by atoms with Crippen molar-refractivity contribution in [3.8, 4) is 0 Å². The minimum absolute atomic E-state index is 0.0386. The number of nitrogens with zero attached hydrogens (tertiary/aromatic N) is 4. The van der Waals surface area contributed by atoms with Crippen LogP contribution in [-0.4, -0.2) is 40.3 Å². The number of aryl methyl sites for hydroxylation is 2. The molecule has 0 saturated heterocycles. The van der Waals surface area contributed by atoms with Crippen molar-refractivity contribution in [2.24, 2.45) is 17.4 Å². The van der Waals surface area contributed by atoms with E-state index in [9.17, 15) is 12.8 Å². The van der Waals surface area contributed by atoms with Crippen molar-refractivity contribution in [2.45, 2.75) is 39.4 Å². The third-order valence-electron chi connectivity index (χ3n) is 4.39. The van der Waals surface area contributed by atoms with E-state index in [2.05, 4.69) is 15.4 Å². The molecule has 1 aliphatic heterocycles. The molecule has 0 radical (unpaired) electrons. The van der Waals surface area contributed by atoms with E-state index in [1.165, 1.54) is 18.2 Å². The molecule has 30 heavy (non-hydrogen) atoms. The second-order valence-corrected chi connectivity index (χ2v) is 10.0. The molecule has 0 unspecified atom stereocenters. The summed E-state index contributed by atoms with van der Waals surface area (Å²) >= 11 is 6.00. The Morgan fingerprint density at radius 3 is 2.73 bits per heavy atom. The lowest BCUT2D eigenvalue weighted by Crippen LogP contribution is -2.27. The highest BCUT2D eigenvalue weighted by molar-refractivity contribution is 8.07. The summed E-state index contributed by atoms with van der Waals surface area (Å²) < 4.78 is 40.6. The molecule has 0 amide bonds. The fraction of sp³-hybridized carbons (Fsp3) is 0.421. The van der Waals surface area contributed by atoms with Crippen molar-refractivity contribution in [1.29, 1.82) is 0 Å². The van der Waals surface area contributed by atoms with Crippen molar-refractivity contribution in [1.82, 2.24) is 9.78 Å². The molecule has 0 atom stereocenters. The van der Waals surface area contributed by atoms with Gasteiger partial charge in [0.1, 0.15) is 29.5 Å². The van der Waals surface area contributed by atoms with E-state index in [0.717, 1.165) is 0 Å². The standard InChI is InChI=1S/C19H22ClFN4O4S/c1-12-15(9-25(4)22-12)17(11-30(26,27)18-8-19(2,3)29-24-18)23-28-10-13-5-6-14(21)7-16(13)20/h5-7,9H,8,10-11H2,1-4H3. The maximum absolute atomic E-state index is 13.2. The van der Waals surface area contributed by atoms with Crippen molar-refractivity contribution in [2.75, 3.05) is 5.75 Å². The number of rotatable bonds is 6. The van der Waals surface area contributed by atoms with E-state index in [1.54, 1.807) is 38.7 Å². The Balaban J connectivity index is 1.85. The van der Waals surface area contributed by atoms with Gasteiger partial charge in [0.2, 0.25) is 9.84 Å². The van der Waals surface area contributed by atoms with Crippen molar-refractivity contribution >= 4 is 32.2 Å². The number of hydrogen-bond acceptors (Lipinski definition) is 7. The molecule has 0 bridgehead atoms. The number of hydrogen-bond donors (Lipinski definition) is 0. The van der Waals surface area contributed by atoms with Crippen LogP contribution in [0.1, 0.15) is 37.1 Å². The number of aromatic nitrogens is 2. The summed E-state index contributed by atoms with van der Waals surface area (Å²) in [4.78, 5) is 10.6. The number of halogens is 2. The molecule has 8 nitrogen and oxygen atoms in total. The molecule has 1 aromatic carbocycles. The first-order chi connectivity index (χ1) is 14.0. The maximum atomic E-state index is 13.2. The monoisotopic (exact) mass is 456 g/mol. The topological polar surface area (TPSA) is 95.1 Å². The highest BCUT2D eigenvalue weighted by Crippen LogP contribution is 2.25. The van der Waals surface area contributed by atoms with Crippen molar-refractivity contribution in [3.63, 3.8) is 0 Å². The van der Waals surface area contributed by atoms with E-state index in [1.807, 2.05) is 0 Å². The summed E-state index contributed by atoms with van der Waals surface area (Å²) in [6.07, 6.45) is 1.83. The van der Waals surface area contributed by atoms with Crippen molar-refractivity contribution in [3.05, 3.63) is 52.1 Å². The second-order valence-electron chi connectivity index (χ2n) is 7.62. The van der Waals surface area contributed by atoms with E-state index < -0.39 is 27.0 Å². The molecule has 2 aromatic rings. The molecule has 3 rings (SSSR count). The van der Waals surface area contributed by atoms with Gasteiger partial charge in [0.15, 0.2) is 5.04 Å². The lowest BCUT2D eigenvalue weighted by molar-refractivity contribution is 0.0123. The molecular formula is C19H22ClFN4O4S.